The first-order valence-electron chi connectivity index (χ1n) is 7.76. The number of nitrogens with one attached hydrogen (secondary N) is 1. The van der Waals surface area contributed by atoms with Crippen LogP contribution in [0.3, 0.4) is 0 Å². The third-order valence-electron chi connectivity index (χ3n) is 3.50. The number of anilines is 1. The highest BCUT2D eigenvalue weighted by Crippen LogP contribution is 2.17. The van der Waals surface area contributed by atoms with Gasteiger partial charge in [0.1, 0.15) is 5.75 Å². The number of ether oxygens (including phenoxy) is 2. The summed E-state index contributed by atoms with van der Waals surface area (Å²) in [5, 5.41) is 2.80. The molecule has 2 aromatic rings. The Labute approximate surface area is 141 Å². The van der Waals surface area contributed by atoms with Crippen LogP contribution in [-0.4, -0.2) is 25.1 Å². The summed E-state index contributed by atoms with van der Waals surface area (Å²) in [6, 6.07) is 14.1. The van der Waals surface area contributed by atoms with E-state index in [4.69, 9.17) is 4.74 Å². The molecular weight excluding hydrogens is 306 g/mol. The Morgan fingerprint density at radius 1 is 1.12 bits per heavy atom. The lowest BCUT2D eigenvalue weighted by molar-refractivity contribution is -0.122. The Kier molecular flexibility index (Phi) is 5.95. The number of hydrogen-bond acceptors (Lipinski definition) is 4. The average Bonchev–Trinajstić information content (AvgIpc) is 2.59. The lowest BCUT2D eigenvalue weighted by atomic mass is 10.2. The molecule has 1 N–H and O–H groups in total. The summed E-state index contributed by atoms with van der Waals surface area (Å²) >= 11 is 0. The van der Waals surface area contributed by atoms with Gasteiger partial charge in [0.2, 0.25) is 0 Å². The quantitative estimate of drug-likeness (QED) is 0.824. The van der Waals surface area contributed by atoms with Crippen molar-refractivity contribution < 1.29 is 19.1 Å². The number of esters is 1. The third kappa shape index (κ3) is 4.59. The van der Waals surface area contributed by atoms with E-state index in [1.165, 1.54) is 7.11 Å². The van der Waals surface area contributed by atoms with Gasteiger partial charge in [-0.2, -0.15) is 0 Å². The second-order valence-electron chi connectivity index (χ2n) is 5.39. The van der Waals surface area contributed by atoms with Gasteiger partial charge in [-0.05, 0) is 55.3 Å². The topological polar surface area (TPSA) is 64.6 Å². The average molecular weight is 327 g/mol. The molecule has 0 aliphatic heterocycles. The maximum Gasteiger partial charge on any atom is 0.337 e. The molecule has 0 spiro atoms. The van der Waals surface area contributed by atoms with Crippen LogP contribution in [0.15, 0.2) is 48.5 Å². The number of amides is 1. The zero-order chi connectivity index (χ0) is 17.5. The van der Waals surface area contributed by atoms with Gasteiger partial charge in [0.15, 0.2) is 6.10 Å². The predicted octanol–water partition coefficient (Wildman–Crippen LogP) is 3.58. The van der Waals surface area contributed by atoms with Crippen LogP contribution in [0.5, 0.6) is 5.75 Å². The van der Waals surface area contributed by atoms with Gasteiger partial charge in [-0.15, -0.1) is 0 Å². The largest absolute Gasteiger partial charge is 0.481 e. The van der Waals surface area contributed by atoms with Gasteiger partial charge >= 0.3 is 5.97 Å². The number of methoxy groups -OCH3 is 1. The van der Waals surface area contributed by atoms with E-state index in [9.17, 15) is 9.59 Å². The lowest BCUT2D eigenvalue weighted by Crippen LogP contribution is -2.32. The molecule has 24 heavy (non-hydrogen) atoms. The first kappa shape index (κ1) is 17.5. The SMILES string of the molecule is CC[C@H](Oc1cccc(C)c1)C(=O)Nc1ccc(C(=O)OC)cc1. The molecule has 2 rings (SSSR count). The molecule has 0 saturated heterocycles. The summed E-state index contributed by atoms with van der Waals surface area (Å²) in [5.41, 5.74) is 2.10. The molecule has 2 aromatic carbocycles. The minimum Gasteiger partial charge on any atom is -0.481 e. The smallest absolute Gasteiger partial charge is 0.337 e. The van der Waals surface area contributed by atoms with Gasteiger partial charge in [-0.3, -0.25) is 4.79 Å². The molecule has 0 fully saturated rings. The molecule has 5 nitrogen and oxygen atoms in total. The molecule has 0 saturated carbocycles. The normalized spacial score (nSPS) is 11.5. The van der Waals surface area contributed by atoms with Crippen LogP contribution in [0.1, 0.15) is 29.3 Å². The molecular formula is C19H21NO4. The lowest BCUT2D eigenvalue weighted by Gasteiger charge is -2.17. The second-order valence-corrected chi connectivity index (χ2v) is 5.39. The van der Waals surface area contributed by atoms with E-state index in [-0.39, 0.29) is 5.91 Å². The number of aryl methyl sites for hydroxylation is 1. The number of hydrogen-bond donors (Lipinski definition) is 1. The molecule has 1 amide bonds. The minimum absolute atomic E-state index is 0.232. The van der Waals surface area contributed by atoms with Crippen molar-refractivity contribution in [1.82, 2.24) is 0 Å². The summed E-state index contributed by atoms with van der Waals surface area (Å²) in [5.74, 6) is 0.0185. The fraction of sp³-hybridized carbons (Fsp3) is 0.263. The van der Waals surface area contributed by atoms with Crippen LogP contribution in [0, 0.1) is 6.92 Å². The van der Waals surface area contributed by atoms with E-state index in [0.29, 0.717) is 23.4 Å². The highest BCUT2D eigenvalue weighted by Gasteiger charge is 2.18. The molecule has 0 bridgehead atoms. The fourth-order valence-electron chi connectivity index (χ4n) is 2.21. The van der Waals surface area contributed by atoms with Crippen molar-refractivity contribution in [2.24, 2.45) is 0 Å². The Hall–Kier alpha value is -2.82. The van der Waals surface area contributed by atoms with Crippen LogP contribution in [0.25, 0.3) is 0 Å². The molecule has 1 atom stereocenters. The van der Waals surface area contributed by atoms with Crippen LogP contribution in [0.4, 0.5) is 5.69 Å². The van der Waals surface area contributed by atoms with E-state index in [2.05, 4.69) is 10.1 Å². The third-order valence-corrected chi connectivity index (χ3v) is 3.50. The van der Waals surface area contributed by atoms with E-state index in [0.717, 1.165) is 5.56 Å². The Morgan fingerprint density at radius 2 is 1.83 bits per heavy atom. The number of benzene rings is 2. The first-order valence-corrected chi connectivity index (χ1v) is 7.76. The highest BCUT2D eigenvalue weighted by atomic mass is 16.5. The molecule has 5 heteroatoms. The first-order chi connectivity index (χ1) is 11.5. The van der Waals surface area contributed by atoms with E-state index < -0.39 is 12.1 Å². The standard InChI is InChI=1S/C19H21NO4/c1-4-17(24-16-7-5-6-13(2)12-16)18(21)20-15-10-8-14(9-11-15)19(22)23-3/h5-12,17H,4H2,1-3H3,(H,20,21)/t17-/m0/s1. The Balaban J connectivity index is 2.02. The highest BCUT2D eigenvalue weighted by molar-refractivity contribution is 5.95. The monoisotopic (exact) mass is 327 g/mol. The predicted molar refractivity (Wildman–Crippen MR) is 92.3 cm³/mol. The van der Waals surface area contributed by atoms with Gasteiger partial charge in [0, 0.05) is 5.69 Å². The minimum atomic E-state index is -0.591. The molecule has 0 heterocycles. The van der Waals surface area contributed by atoms with E-state index in [1.54, 1.807) is 24.3 Å². The van der Waals surface area contributed by atoms with Crippen molar-refractivity contribution in [3.8, 4) is 5.75 Å². The summed E-state index contributed by atoms with van der Waals surface area (Å²) in [6.07, 6.45) is -0.0490. The zero-order valence-electron chi connectivity index (χ0n) is 14.0. The molecule has 0 aromatic heterocycles. The van der Waals surface area contributed by atoms with Gasteiger partial charge < -0.3 is 14.8 Å². The number of rotatable bonds is 6. The molecule has 0 unspecified atom stereocenters. The van der Waals surface area contributed by atoms with Crippen molar-refractivity contribution >= 4 is 17.6 Å². The van der Waals surface area contributed by atoms with E-state index >= 15 is 0 Å². The van der Waals surface area contributed by atoms with Crippen molar-refractivity contribution in [3.63, 3.8) is 0 Å². The molecule has 0 radical (unpaired) electrons. The maximum absolute atomic E-state index is 12.4. The molecule has 126 valence electrons. The van der Waals surface area contributed by atoms with Crippen LogP contribution < -0.4 is 10.1 Å². The Morgan fingerprint density at radius 3 is 2.42 bits per heavy atom. The van der Waals surface area contributed by atoms with Crippen molar-refractivity contribution in [2.45, 2.75) is 26.4 Å². The second kappa shape index (κ2) is 8.15. The van der Waals surface area contributed by atoms with Gasteiger partial charge in [-0.1, -0.05) is 19.1 Å². The van der Waals surface area contributed by atoms with Crippen LogP contribution in [-0.2, 0) is 9.53 Å². The number of carbonyl (C=O) groups is 2. The summed E-state index contributed by atoms with van der Waals surface area (Å²) < 4.78 is 10.4. The fourth-order valence-corrected chi connectivity index (χ4v) is 2.21. The molecule has 0 aliphatic rings. The van der Waals surface area contributed by atoms with Crippen molar-refractivity contribution in [2.75, 3.05) is 12.4 Å². The summed E-state index contributed by atoms with van der Waals surface area (Å²) in [6.45, 7) is 3.86. The Bertz CT molecular complexity index is 710. The van der Waals surface area contributed by atoms with Crippen LogP contribution in [0.2, 0.25) is 0 Å². The van der Waals surface area contributed by atoms with Crippen LogP contribution >= 0.6 is 0 Å². The van der Waals surface area contributed by atoms with E-state index in [1.807, 2.05) is 38.1 Å². The molecule has 0 aliphatic carbocycles. The summed E-state index contributed by atoms with van der Waals surface area (Å²) in [4.78, 5) is 23.8. The van der Waals surface area contributed by atoms with Crippen molar-refractivity contribution in [3.05, 3.63) is 59.7 Å². The van der Waals surface area contributed by atoms with Gasteiger partial charge in [0.25, 0.3) is 5.91 Å². The summed E-state index contributed by atoms with van der Waals surface area (Å²) in [7, 11) is 1.33. The van der Waals surface area contributed by atoms with Gasteiger partial charge in [-0.25, -0.2) is 4.79 Å². The maximum atomic E-state index is 12.4. The van der Waals surface area contributed by atoms with Gasteiger partial charge in [0.05, 0.1) is 12.7 Å². The zero-order valence-corrected chi connectivity index (χ0v) is 14.0. The number of carbonyl (C=O) groups excluding carboxylic acids is 2. The van der Waals surface area contributed by atoms with Crippen molar-refractivity contribution in [1.29, 1.82) is 0 Å².